The topological polar surface area (TPSA) is 35.5 Å². The van der Waals surface area contributed by atoms with E-state index in [-0.39, 0.29) is 5.78 Å². The van der Waals surface area contributed by atoms with E-state index in [0.29, 0.717) is 22.6 Å². The van der Waals surface area contributed by atoms with Crippen LogP contribution in [0.1, 0.15) is 20.8 Å². The van der Waals surface area contributed by atoms with E-state index in [2.05, 4.69) is 0 Å². The molecule has 3 nitrogen and oxygen atoms in total. The molecular weight excluding hydrogens is 248 g/mol. The SMILES string of the molecule is COc1ccc(C(=O)c2csc(C)c2)c(OC)c1. The highest BCUT2D eigenvalue weighted by Crippen LogP contribution is 2.27. The maximum absolute atomic E-state index is 12.3. The highest BCUT2D eigenvalue weighted by molar-refractivity contribution is 7.10. The highest BCUT2D eigenvalue weighted by Gasteiger charge is 2.16. The van der Waals surface area contributed by atoms with Gasteiger partial charge in [-0.15, -0.1) is 11.3 Å². The minimum Gasteiger partial charge on any atom is -0.497 e. The molecule has 0 unspecified atom stereocenters. The number of thiophene rings is 1. The average molecular weight is 262 g/mol. The van der Waals surface area contributed by atoms with Gasteiger partial charge in [0.25, 0.3) is 0 Å². The number of aryl methyl sites for hydroxylation is 1. The van der Waals surface area contributed by atoms with E-state index in [1.165, 1.54) is 0 Å². The van der Waals surface area contributed by atoms with Gasteiger partial charge in [0, 0.05) is 21.9 Å². The lowest BCUT2D eigenvalue weighted by Gasteiger charge is -2.08. The molecule has 0 bridgehead atoms. The Morgan fingerprint density at radius 2 is 1.94 bits per heavy atom. The van der Waals surface area contributed by atoms with Crippen LogP contribution in [-0.2, 0) is 0 Å². The van der Waals surface area contributed by atoms with Gasteiger partial charge < -0.3 is 9.47 Å². The van der Waals surface area contributed by atoms with Gasteiger partial charge in [-0.3, -0.25) is 4.79 Å². The van der Waals surface area contributed by atoms with Crippen molar-refractivity contribution in [2.75, 3.05) is 14.2 Å². The van der Waals surface area contributed by atoms with Crippen LogP contribution in [0.4, 0.5) is 0 Å². The number of carbonyl (C=O) groups is 1. The van der Waals surface area contributed by atoms with Gasteiger partial charge >= 0.3 is 0 Å². The summed E-state index contributed by atoms with van der Waals surface area (Å²) >= 11 is 1.56. The lowest BCUT2D eigenvalue weighted by Crippen LogP contribution is -2.03. The summed E-state index contributed by atoms with van der Waals surface area (Å²) in [6.45, 7) is 1.98. The standard InChI is InChI=1S/C14H14O3S/c1-9-6-10(8-18-9)14(15)12-5-4-11(16-2)7-13(12)17-3/h4-8H,1-3H3. The van der Waals surface area contributed by atoms with Crippen molar-refractivity contribution in [2.45, 2.75) is 6.92 Å². The fourth-order valence-corrected chi connectivity index (χ4v) is 2.39. The van der Waals surface area contributed by atoms with Crippen molar-refractivity contribution in [3.8, 4) is 11.5 Å². The van der Waals surface area contributed by atoms with Gasteiger partial charge in [0.1, 0.15) is 11.5 Å². The largest absolute Gasteiger partial charge is 0.497 e. The Labute approximate surface area is 110 Å². The zero-order chi connectivity index (χ0) is 13.1. The van der Waals surface area contributed by atoms with Gasteiger partial charge in [0.2, 0.25) is 0 Å². The molecule has 18 heavy (non-hydrogen) atoms. The molecule has 0 spiro atoms. The van der Waals surface area contributed by atoms with Crippen LogP contribution >= 0.6 is 11.3 Å². The van der Waals surface area contributed by atoms with Crippen molar-refractivity contribution >= 4 is 17.1 Å². The first-order chi connectivity index (χ1) is 8.65. The molecule has 94 valence electrons. The van der Waals surface area contributed by atoms with E-state index in [4.69, 9.17) is 9.47 Å². The summed E-state index contributed by atoms with van der Waals surface area (Å²) in [7, 11) is 3.13. The summed E-state index contributed by atoms with van der Waals surface area (Å²) in [5.41, 5.74) is 1.25. The number of methoxy groups -OCH3 is 2. The molecule has 1 aromatic carbocycles. The van der Waals surface area contributed by atoms with E-state index in [0.717, 1.165) is 4.88 Å². The molecule has 0 amide bonds. The first-order valence-corrected chi connectivity index (χ1v) is 6.35. The number of hydrogen-bond acceptors (Lipinski definition) is 4. The Morgan fingerprint density at radius 3 is 2.50 bits per heavy atom. The Hall–Kier alpha value is -1.81. The summed E-state index contributed by atoms with van der Waals surface area (Å²) in [5, 5.41) is 1.86. The molecule has 0 aliphatic heterocycles. The van der Waals surface area contributed by atoms with Gasteiger partial charge in [-0.05, 0) is 25.1 Å². The second-order valence-corrected chi connectivity index (χ2v) is 4.96. The van der Waals surface area contributed by atoms with Crippen LogP contribution < -0.4 is 9.47 Å². The fourth-order valence-electron chi connectivity index (χ4n) is 1.70. The van der Waals surface area contributed by atoms with E-state index < -0.39 is 0 Å². The molecule has 4 heteroatoms. The van der Waals surface area contributed by atoms with Crippen LogP contribution in [0.5, 0.6) is 11.5 Å². The second kappa shape index (κ2) is 5.23. The first kappa shape index (κ1) is 12.6. The predicted molar refractivity (Wildman–Crippen MR) is 72.0 cm³/mol. The molecule has 0 atom stereocenters. The third kappa shape index (κ3) is 2.38. The smallest absolute Gasteiger partial charge is 0.197 e. The van der Waals surface area contributed by atoms with Crippen molar-refractivity contribution < 1.29 is 14.3 Å². The summed E-state index contributed by atoms with van der Waals surface area (Å²) in [6, 6.07) is 7.09. The van der Waals surface area contributed by atoms with Gasteiger partial charge in [0.15, 0.2) is 5.78 Å². The van der Waals surface area contributed by atoms with Crippen LogP contribution in [0, 0.1) is 6.92 Å². The monoisotopic (exact) mass is 262 g/mol. The molecule has 2 rings (SSSR count). The number of carbonyl (C=O) groups excluding carboxylic acids is 1. The van der Waals surface area contributed by atoms with Gasteiger partial charge in [0.05, 0.1) is 19.8 Å². The van der Waals surface area contributed by atoms with Crippen molar-refractivity contribution in [2.24, 2.45) is 0 Å². The van der Waals surface area contributed by atoms with Crippen molar-refractivity contribution in [1.29, 1.82) is 0 Å². The molecule has 0 aliphatic carbocycles. The van der Waals surface area contributed by atoms with E-state index in [9.17, 15) is 4.79 Å². The third-order valence-electron chi connectivity index (χ3n) is 2.65. The predicted octanol–water partition coefficient (Wildman–Crippen LogP) is 3.30. The molecule has 0 aliphatic rings. The van der Waals surface area contributed by atoms with Gasteiger partial charge in [-0.25, -0.2) is 0 Å². The molecule has 0 N–H and O–H groups in total. The van der Waals surface area contributed by atoms with Crippen LogP contribution in [0.15, 0.2) is 29.6 Å². The Bertz CT molecular complexity index is 572. The molecule has 0 radical (unpaired) electrons. The summed E-state index contributed by atoms with van der Waals surface area (Å²) < 4.78 is 10.4. The molecule has 1 heterocycles. The molecule has 1 aromatic heterocycles. The number of ketones is 1. The Morgan fingerprint density at radius 1 is 1.17 bits per heavy atom. The number of hydrogen-bond donors (Lipinski definition) is 0. The summed E-state index contributed by atoms with van der Waals surface area (Å²) in [5.74, 6) is 1.17. The molecule has 2 aromatic rings. The van der Waals surface area contributed by atoms with Crippen LogP contribution in [0.2, 0.25) is 0 Å². The van der Waals surface area contributed by atoms with E-state index in [1.807, 2.05) is 18.4 Å². The second-order valence-electron chi connectivity index (χ2n) is 3.84. The molecule has 0 fully saturated rings. The zero-order valence-electron chi connectivity index (χ0n) is 10.5. The van der Waals surface area contributed by atoms with Crippen molar-refractivity contribution in [3.05, 3.63) is 45.6 Å². The molecule has 0 saturated carbocycles. The minimum absolute atomic E-state index is 0.0288. The Balaban J connectivity index is 2.41. The van der Waals surface area contributed by atoms with Gasteiger partial charge in [-0.2, -0.15) is 0 Å². The maximum Gasteiger partial charge on any atom is 0.197 e. The molecule has 0 saturated heterocycles. The normalized spacial score (nSPS) is 10.2. The number of benzene rings is 1. The Kier molecular flexibility index (Phi) is 3.67. The lowest BCUT2D eigenvalue weighted by atomic mass is 10.0. The van der Waals surface area contributed by atoms with E-state index >= 15 is 0 Å². The molecular formula is C14H14O3S. The summed E-state index contributed by atoms with van der Waals surface area (Å²) in [4.78, 5) is 13.4. The van der Waals surface area contributed by atoms with Crippen LogP contribution in [-0.4, -0.2) is 20.0 Å². The summed E-state index contributed by atoms with van der Waals surface area (Å²) in [6.07, 6.45) is 0. The third-order valence-corrected chi connectivity index (χ3v) is 3.51. The van der Waals surface area contributed by atoms with Gasteiger partial charge in [-0.1, -0.05) is 0 Å². The van der Waals surface area contributed by atoms with Crippen LogP contribution in [0.25, 0.3) is 0 Å². The number of rotatable bonds is 4. The van der Waals surface area contributed by atoms with Crippen molar-refractivity contribution in [3.63, 3.8) is 0 Å². The van der Waals surface area contributed by atoms with Crippen molar-refractivity contribution in [1.82, 2.24) is 0 Å². The highest BCUT2D eigenvalue weighted by atomic mass is 32.1. The fraction of sp³-hybridized carbons (Fsp3) is 0.214. The van der Waals surface area contributed by atoms with E-state index in [1.54, 1.807) is 43.8 Å². The quantitative estimate of drug-likeness (QED) is 0.793. The average Bonchev–Trinajstić information content (AvgIpc) is 2.83. The minimum atomic E-state index is -0.0288. The number of ether oxygens (including phenoxy) is 2. The maximum atomic E-state index is 12.3. The lowest BCUT2D eigenvalue weighted by molar-refractivity contribution is 0.103. The van der Waals surface area contributed by atoms with Crippen LogP contribution in [0.3, 0.4) is 0 Å². The zero-order valence-corrected chi connectivity index (χ0v) is 11.3. The first-order valence-electron chi connectivity index (χ1n) is 5.47.